The number of rotatable bonds is 5. The molecule has 1 aliphatic carbocycles. The minimum Gasteiger partial charge on any atom is -0.454 e. The summed E-state index contributed by atoms with van der Waals surface area (Å²) < 4.78 is 83.1. The van der Waals surface area contributed by atoms with E-state index in [0.717, 1.165) is 22.2 Å². The van der Waals surface area contributed by atoms with Crippen molar-refractivity contribution < 1.29 is 40.7 Å². The summed E-state index contributed by atoms with van der Waals surface area (Å²) in [4.78, 5) is 32.9. The highest BCUT2D eigenvalue weighted by Crippen LogP contribution is 2.34. The number of alkyl halides is 6. The number of carbonyl (C=O) groups is 2. The summed E-state index contributed by atoms with van der Waals surface area (Å²) in [6.45, 7) is 0. The third kappa shape index (κ3) is 5.52. The number of thiophene rings is 1. The molecule has 0 saturated heterocycles. The largest absolute Gasteiger partial charge is 0.490 e. The molecule has 1 fully saturated rings. The molecule has 0 aromatic carbocycles. The van der Waals surface area contributed by atoms with Gasteiger partial charge in [0.2, 0.25) is 0 Å². The van der Waals surface area contributed by atoms with Gasteiger partial charge in [-0.25, -0.2) is 14.8 Å². The van der Waals surface area contributed by atoms with Crippen LogP contribution in [-0.2, 0) is 22.8 Å². The van der Waals surface area contributed by atoms with E-state index in [4.69, 9.17) is 0 Å². The van der Waals surface area contributed by atoms with E-state index in [2.05, 4.69) is 30.4 Å². The van der Waals surface area contributed by atoms with Gasteiger partial charge in [-0.15, -0.1) is 11.3 Å². The van der Waals surface area contributed by atoms with Crippen molar-refractivity contribution in [3.05, 3.63) is 29.0 Å². The molecule has 3 aromatic rings. The molecule has 0 bridgehead atoms. The van der Waals surface area contributed by atoms with Gasteiger partial charge in [0.25, 0.3) is 5.91 Å². The number of esters is 1. The van der Waals surface area contributed by atoms with Gasteiger partial charge in [-0.05, 0) is 19.3 Å². The zero-order valence-electron chi connectivity index (χ0n) is 18.4. The van der Waals surface area contributed by atoms with Crippen LogP contribution >= 0.6 is 11.3 Å². The van der Waals surface area contributed by atoms with Crippen LogP contribution in [0.3, 0.4) is 0 Å². The van der Waals surface area contributed by atoms with Crippen molar-refractivity contribution in [2.24, 2.45) is 7.05 Å². The first kappa shape index (κ1) is 25.7. The molecule has 1 saturated carbocycles. The zero-order valence-corrected chi connectivity index (χ0v) is 19.2. The number of hydrogen-bond acceptors (Lipinski definition) is 8. The molecule has 9 nitrogen and oxygen atoms in total. The number of ether oxygens (including phenoxy) is 1. The maximum absolute atomic E-state index is 13.2. The topological polar surface area (TPSA) is 111 Å². The fraction of sp³-hybridized carbons (Fsp3) is 0.450. The number of aryl methyl sites for hydroxylation is 1. The lowest BCUT2D eigenvalue weighted by Gasteiger charge is -2.32. The lowest BCUT2D eigenvalue weighted by Crippen LogP contribution is -2.42. The highest BCUT2D eigenvalue weighted by molar-refractivity contribution is 7.17. The third-order valence-corrected chi connectivity index (χ3v) is 6.27. The number of anilines is 2. The lowest BCUT2D eigenvalue weighted by molar-refractivity contribution is -0.206. The lowest BCUT2D eigenvalue weighted by atomic mass is 9.92. The van der Waals surface area contributed by atoms with Gasteiger partial charge in [0.05, 0.1) is 23.5 Å². The van der Waals surface area contributed by atoms with Crippen LogP contribution in [0.15, 0.2) is 17.8 Å². The Balaban J connectivity index is 1.55. The van der Waals surface area contributed by atoms with Crippen molar-refractivity contribution in [1.82, 2.24) is 19.7 Å². The van der Waals surface area contributed by atoms with Crippen molar-refractivity contribution in [3.8, 4) is 0 Å². The molecule has 1 aliphatic rings. The van der Waals surface area contributed by atoms with Gasteiger partial charge in [-0.2, -0.15) is 31.4 Å². The Morgan fingerprint density at radius 1 is 1.17 bits per heavy atom. The van der Waals surface area contributed by atoms with Gasteiger partial charge < -0.3 is 15.4 Å². The average molecular weight is 536 g/mol. The maximum atomic E-state index is 13.2. The van der Waals surface area contributed by atoms with E-state index in [1.165, 1.54) is 18.6 Å². The molecular weight excluding hydrogens is 518 g/mol. The number of halogens is 6. The summed E-state index contributed by atoms with van der Waals surface area (Å²) in [6, 6.07) is -0.683. The Kier molecular flexibility index (Phi) is 6.81. The molecular formula is C20H18F6N6O3S. The van der Waals surface area contributed by atoms with Gasteiger partial charge >= 0.3 is 18.3 Å². The smallest absolute Gasteiger partial charge is 0.454 e. The minimum atomic E-state index is -5.13. The molecule has 3 aromatic heterocycles. The number of aromatic nitrogens is 4. The Labute approximate surface area is 202 Å². The molecule has 36 heavy (non-hydrogen) atoms. The summed E-state index contributed by atoms with van der Waals surface area (Å²) in [5, 5.41) is 9.81. The Bertz CT molecular complexity index is 1290. The van der Waals surface area contributed by atoms with Crippen LogP contribution in [-0.4, -0.2) is 49.9 Å². The highest BCUT2D eigenvalue weighted by Gasteiger charge is 2.44. The molecule has 1 amide bonds. The summed E-state index contributed by atoms with van der Waals surface area (Å²) in [6.07, 6.45) is -6.79. The number of hydrogen-bond donors (Lipinski definition) is 2. The first-order valence-corrected chi connectivity index (χ1v) is 11.4. The molecule has 2 N–H and O–H groups in total. The number of carbonyl (C=O) groups excluding carboxylic acids is 2. The fourth-order valence-corrected chi connectivity index (χ4v) is 4.65. The first-order valence-electron chi connectivity index (χ1n) is 10.5. The third-order valence-electron chi connectivity index (χ3n) is 5.40. The summed E-state index contributed by atoms with van der Waals surface area (Å²) in [5.74, 6) is -3.05. The zero-order chi connectivity index (χ0) is 26.3. The van der Waals surface area contributed by atoms with Crippen molar-refractivity contribution >= 4 is 45.1 Å². The minimum absolute atomic E-state index is 0.0492. The van der Waals surface area contributed by atoms with Crippen LogP contribution in [0.1, 0.15) is 41.7 Å². The van der Waals surface area contributed by atoms with Crippen LogP contribution in [0.25, 0.3) is 10.3 Å². The number of amides is 1. The second-order valence-electron chi connectivity index (χ2n) is 8.05. The van der Waals surface area contributed by atoms with Crippen LogP contribution in [0.5, 0.6) is 0 Å². The Morgan fingerprint density at radius 2 is 1.89 bits per heavy atom. The Hall–Kier alpha value is -3.43. The predicted molar refractivity (Wildman–Crippen MR) is 115 cm³/mol. The molecule has 16 heteroatoms. The fourth-order valence-electron chi connectivity index (χ4n) is 3.82. The molecule has 194 valence electrons. The van der Waals surface area contributed by atoms with E-state index in [0.29, 0.717) is 24.1 Å². The number of nitrogens with zero attached hydrogens (tertiary/aromatic N) is 4. The van der Waals surface area contributed by atoms with Crippen molar-refractivity contribution in [2.75, 3.05) is 10.6 Å². The van der Waals surface area contributed by atoms with Crippen LogP contribution in [0.4, 0.5) is 37.8 Å². The van der Waals surface area contributed by atoms with E-state index in [-0.39, 0.29) is 23.3 Å². The maximum Gasteiger partial charge on any atom is 0.490 e. The SMILES string of the molecule is Cn1cc(NC(=O)c2csc3ncc(N[C@@H]4CCCC[C@@H]4OC(=O)C(F)(F)F)nc23)c(C(F)(F)F)n1. The van der Waals surface area contributed by atoms with E-state index in [9.17, 15) is 35.9 Å². The van der Waals surface area contributed by atoms with E-state index >= 15 is 0 Å². The van der Waals surface area contributed by atoms with Crippen molar-refractivity contribution in [1.29, 1.82) is 0 Å². The van der Waals surface area contributed by atoms with Crippen LogP contribution in [0.2, 0.25) is 0 Å². The standard InChI is InChI=1S/C20H18F6N6O3S/c1-32-7-11(15(31-32)19(21,22)23)29-16(33)9-8-36-17-14(9)30-13(6-27-17)28-10-4-2-3-5-12(10)35-18(34)20(24,25)26/h6-8,10,12H,2-5H2,1H3,(H,28,30)(H,29,33)/t10-,12+/m1/s1. The Morgan fingerprint density at radius 3 is 2.58 bits per heavy atom. The summed E-state index contributed by atoms with van der Waals surface area (Å²) in [5.41, 5.74) is -1.76. The molecule has 0 aliphatic heterocycles. The van der Waals surface area contributed by atoms with Gasteiger partial charge in [0, 0.05) is 18.6 Å². The normalized spacial score (nSPS) is 18.8. The van der Waals surface area contributed by atoms with Gasteiger partial charge in [0.15, 0.2) is 5.69 Å². The predicted octanol–water partition coefficient (Wildman–Crippen LogP) is 4.52. The molecule has 0 radical (unpaired) electrons. The second-order valence-corrected chi connectivity index (χ2v) is 8.91. The summed E-state index contributed by atoms with van der Waals surface area (Å²) in [7, 11) is 1.28. The molecule has 0 unspecified atom stereocenters. The van der Waals surface area contributed by atoms with E-state index in [1.807, 2.05) is 0 Å². The van der Waals surface area contributed by atoms with E-state index in [1.54, 1.807) is 0 Å². The first-order chi connectivity index (χ1) is 16.8. The van der Waals surface area contributed by atoms with Gasteiger partial charge in [-0.1, -0.05) is 6.42 Å². The molecule has 4 rings (SSSR count). The van der Waals surface area contributed by atoms with Crippen LogP contribution in [0, 0.1) is 0 Å². The van der Waals surface area contributed by atoms with Crippen molar-refractivity contribution in [3.63, 3.8) is 0 Å². The monoisotopic (exact) mass is 536 g/mol. The van der Waals surface area contributed by atoms with Gasteiger partial charge in [0.1, 0.15) is 22.3 Å². The van der Waals surface area contributed by atoms with Gasteiger partial charge in [-0.3, -0.25) is 9.48 Å². The average Bonchev–Trinajstić information content (AvgIpc) is 3.37. The highest BCUT2D eigenvalue weighted by atomic mass is 32.1. The van der Waals surface area contributed by atoms with Crippen molar-refractivity contribution in [2.45, 2.75) is 50.2 Å². The summed E-state index contributed by atoms with van der Waals surface area (Å²) >= 11 is 1.03. The van der Waals surface area contributed by atoms with Crippen LogP contribution < -0.4 is 10.6 Å². The quantitative estimate of drug-likeness (QED) is 0.364. The number of fused-ring (bicyclic) bond motifs is 1. The molecule has 3 heterocycles. The molecule has 0 spiro atoms. The van der Waals surface area contributed by atoms with E-state index < -0.39 is 47.8 Å². The number of nitrogens with one attached hydrogen (secondary N) is 2. The second kappa shape index (κ2) is 9.55. The molecule has 2 atom stereocenters.